The predicted octanol–water partition coefficient (Wildman–Crippen LogP) is 2.21. The smallest absolute Gasteiger partial charge is 0.334 e. The Morgan fingerprint density at radius 2 is 2.20 bits per heavy atom. The summed E-state index contributed by atoms with van der Waals surface area (Å²) < 4.78 is 4.95. The molecule has 4 heteroatoms. The number of esters is 1. The van der Waals surface area contributed by atoms with Gasteiger partial charge in [0.05, 0.1) is 6.61 Å². The highest BCUT2D eigenvalue weighted by Gasteiger charge is 2.36. The number of carbonyl (C=O) groups is 1. The van der Waals surface area contributed by atoms with Crippen LogP contribution >= 0.6 is 0 Å². The Morgan fingerprint density at radius 1 is 1.50 bits per heavy atom. The molecular formula is C16H30N2O2. The number of carbonyl (C=O) groups excluding carboxylic acids is 1. The van der Waals surface area contributed by atoms with E-state index < -0.39 is 0 Å². The van der Waals surface area contributed by atoms with Crippen LogP contribution in [0.15, 0.2) is 12.2 Å². The van der Waals surface area contributed by atoms with Gasteiger partial charge in [-0.05, 0) is 39.8 Å². The Hall–Kier alpha value is -0.870. The van der Waals surface area contributed by atoms with Crippen molar-refractivity contribution in [2.45, 2.75) is 45.1 Å². The Morgan fingerprint density at radius 3 is 2.75 bits per heavy atom. The van der Waals surface area contributed by atoms with Gasteiger partial charge >= 0.3 is 5.97 Å². The molecule has 0 aromatic rings. The zero-order chi connectivity index (χ0) is 15.2. The number of hydrogen-bond donors (Lipinski definition) is 1. The average Bonchev–Trinajstić information content (AvgIpc) is 2.38. The molecule has 0 aromatic carbocycles. The first-order chi connectivity index (χ1) is 9.41. The summed E-state index contributed by atoms with van der Waals surface area (Å²) in [6.45, 7) is 9.72. The largest absolute Gasteiger partial charge is 0.463 e. The molecule has 2 atom stereocenters. The molecule has 0 amide bonds. The van der Waals surface area contributed by atoms with E-state index in [1.165, 1.54) is 25.7 Å². The van der Waals surface area contributed by atoms with Crippen LogP contribution in [0.1, 0.15) is 39.5 Å². The van der Waals surface area contributed by atoms with Crippen molar-refractivity contribution in [3.8, 4) is 0 Å². The van der Waals surface area contributed by atoms with Crippen LogP contribution in [0, 0.1) is 5.92 Å². The maximum Gasteiger partial charge on any atom is 0.334 e. The summed E-state index contributed by atoms with van der Waals surface area (Å²) in [7, 11) is 4.31. The van der Waals surface area contributed by atoms with Gasteiger partial charge in [0.2, 0.25) is 0 Å². The maximum atomic E-state index is 11.5. The van der Waals surface area contributed by atoms with Crippen LogP contribution in [0.4, 0.5) is 0 Å². The molecule has 0 saturated heterocycles. The number of hydrogen-bond acceptors (Lipinski definition) is 4. The molecule has 116 valence electrons. The monoisotopic (exact) mass is 282 g/mol. The quantitative estimate of drug-likeness (QED) is 0.574. The van der Waals surface area contributed by atoms with E-state index in [1.54, 1.807) is 0 Å². The van der Waals surface area contributed by atoms with Crippen molar-refractivity contribution >= 4 is 5.97 Å². The molecule has 1 aliphatic carbocycles. The normalized spacial score (nSPS) is 26.6. The summed E-state index contributed by atoms with van der Waals surface area (Å²) in [4.78, 5) is 13.9. The van der Waals surface area contributed by atoms with Gasteiger partial charge < -0.3 is 15.0 Å². The van der Waals surface area contributed by atoms with Gasteiger partial charge in [-0.2, -0.15) is 0 Å². The molecule has 2 unspecified atom stereocenters. The maximum absolute atomic E-state index is 11.5. The molecule has 0 heterocycles. The Balaban J connectivity index is 2.48. The summed E-state index contributed by atoms with van der Waals surface area (Å²) in [5.74, 6) is 0.470. The second-order valence-corrected chi connectivity index (χ2v) is 6.25. The first kappa shape index (κ1) is 17.2. The first-order valence-corrected chi connectivity index (χ1v) is 7.64. The zero-order valence-electron chi connectivity index (χ0n) is 13.5. The third-order valence-electron chi connectivity index (χ3n) is 4.37. The molecule has 1 fully saturated rings. The number of nitrogens with one attached hydrogen (secondary N) is 1. The van der Waals surface area contributed by atoms with E-state index in [4.69, 9.17) is 4.74 Å². The second-order valence-electron chi connectivity index (χ2n) is 6.25. The van der Waals surface area contributed by atoms with Crippen molar-refractivity contribution in [1.82, 2.24) is 10.2 Å². The minimum absolute atomic E-state index is 0.201. The summed E-state index contributed by atoms with van der Waals surface area (Å²) >= 11 is 0. The lowest BCUT2D eigenvalue weighted by atomic mass is 9.75. The average molecular weight is 282 g/mol. The highest BCUT2D eigenvalue weighted by Crippen LogP contribution is 2.35. The molecule has 0 spiro atoms. The molecular weight excluding hydrogens is 252 g/mol. The fraction of sp³-hybridized carbons (Fsp3) is 0.812. The van der Waals surface area contributed by atoms with Crippen LogP contribution in [0.2, 0.25) is 0 Å². The Bertz CT molecular complexity index is 341. The minimum Gasteiger partial charge on any atom is -0.463 e. The van der Waals surface area contributed by atoms with E-state index >= 15 is 0 Å². The van der Waals surface area contributed by atoms with Crippen molar-refractivity contribution in [1.29, 1.82) is 0 Å². The topological polar surface area (TPSA) is 41.6 Å². The van der Waals surface area contributed by atoms with Crippen LogP contribution in [0.5, 0.6) is 0 Å². The lowest BCUT2D eigenvalue weighted by Crippen LogP contribution is -2.54. The number of rotatable bonds is 7. The first-order valence-electron chi connectivity index (χ1n) is 7.64. The molecule has 20 heavy (non-hydrogen) atoms. The number of nitrogens with zero attached hydrogens (tertiary/aromatic N) is 1. The van der Waals surface area contributed by atoms with E-state index in [9.17, 15) is 4.79 Å². The summed E-state index contributed by atoms with van der Waals surface area (Å²) in [6, 6.07) is 0. The lowest BCUT2D eigenvalue weighted by molar-refractivity contribution is -0.138. The van der Waals surface area contributed by atoms with Crippen LogP contribution < -0.4 is 5.32 Å². The van der Waals surface area contributed by atoms with Crippen LogP contribution in [-0.4, -0.2) is 50.2 Å². The summed E-state index contributed by atoms with van der Waals surface area (Å²) in [5, 5.41) is 3.39. The SMILES string of the molecule is C=C(CNCC1(N(C)C)CCCC(C)C1)C(=O)OCC. The Labute approximate surface area is 123 Å². The third-order valence-corrected chi connectivity index (χ3v) is 4.37. The van der Waals surface area contributed by atoms with Crippen LogP contribution in [-0.2, 0) is 9.53 Å². The summed E-state index contributed by atoms with van der Waals surface area (Å²) in [5.41, 5.74) is 0.705. The van der Waals surface area contributed by atoms with Gasteiger partial charge in [0.15, 0.2) is 0 Å². The van der Waals surface area contributed by atoms with E-state index in [2.05, 4.69) is 37.8 Å². The van der Waals surface area contributed by atoms with Gasteiger partial charge in [0.1, 0.15) is 0 Å². The highest BCUT2D eigenvalue weighted by atomic mass is 16.5. The van der Waals surface area contributed by atoms with E-state index in [0.717, 1.165) is 12.5 Å². The predicted molar refractivity (Wildman–Crippen MR) is 82.7 cm³/mol. The molecule has 1 aliphatic rings. The Kier molecular flexibility index (Phi) is 6.69. The molecule has 0 bridgehead atoms. The van der Waals surface area contributed by atoms with Crippen molar-refractivity contribution < 1.29 is 9.53 Å². The fourth-order valence-electron chi connectivity index (χ4n) is 3.11. The van der Waals surface area contributed by atoms with E-state index in [1.807, 2.05) is 6.92 Å². The zero-order valence-corrected chi connectivity index (χ0v) is 13.5. The fourth-order valence-corrected chi connectivity index (χ4v) is 3.11. The van der Waals surface area contributed by atoms with Gasteiger partial charge in [-0.25, -0.2) is 4.79 Å². The molecule has 1 rings (SSSR count). The second kappa shape index (κ2) is 7.79. The molecule has 0 aromatic heterocycles. The van der Waals surface area contributed by atoms with Crippen molar-refractivity contribution in [3.05, 3.63) is 12.2 Å². The van der Waals surface area contributed by atoms with Gasteiger partial charge in [-0.1, -0.05) is 26.3 Å². The van der Waals surface area contributed by atoms with Gasteiger partial charge in [0.25, 0.3) is 0 Å². The van der Waals surface area contributed by atoms with Crippen LogP contribution in [0.3, 0.4) is 0 Å². The highest BCUT2D eigenvalue weighted by molar-refractivity contribution is 5.88. The molecule has 1 saturated carbocycles. The van der Waals surface area contributed by atoms with E-state index in [-0.39, 0.29) is 11.5 Å². The van der Waals surface area contributed by atoms with Crippen molar-refractivity contribution in [2.24, 2.45) is 5.92 Å². The third kappa shape index (κ3) is 4.60. The molecule has 0 radical (unpaired) electrons. The molecule has 1 N–H and O–H groups in total. The van der Waals surface area contributed by atoms with E-state index in [0.29, 0.717) is 18.7 Å². The standard InChI is InChI=1S/C16H30N2O2/c1-6-20-15(19)14(3)11-17-12-16(18(4)5)9-7-8-13(2)10-16/h13,17H,3,6-12H2,1-2,4-5H3. The van der Waals surface area contributed by atoms with Crippen molar-refractivity contribution in [2.75, 3.05) is 33.8 Å². The van der Waals surface area contributed by atoms with Gasteiger partial charge in [-0.15, -0.1) is 0 Å². The molecule has 0 aliphatic heterocycles. The lowest BCUT2D eigenvalue weighted by Gasteiger charge is -2.45. The molecule has 4 nitrogen and oxygen atoms in total. The minimum atomic E-state index is -0.295. The van der Waals surface area contributed by atoms with Crippen molar-refractivity contribution in [3.63, 3.8) is 0 Å². The van der Waals surface area contributed by atoms with Gasteiger partial charge in [0, 0.05) is 24.2 Å². The number of ether oxygens (including phenoxy) is 1. The summed E-state index contributed by atoms with van der Waals surface area (Å²) in [6.07, 6.45) is 5.02. The van der Waals surface area contributed by atoms with Gasteiger partial charge in [-0.3, -0.25) is 0 Å². The number of likely N-dealkylation sites (N-methyl/N-ethyl adjacent to an activating group) is 1. The van der Waals surface area contributed by atoms with Crippen LogP contribution in [0.25, 0.3) is 0 Å².